The van der Waals surface area contributed by atoms with Crippen molar-refractivity contribution < 1.29 is 4.79 Å². The Morgan fingerprint density at radius 1 is 1.19 bits per heavy atom. The SMILES string of the molecule is CC(=O)Nc1cccc(Sc2ccc3[nH]c(=O)c4c(c3c2)C(C)CN4)c1. The molecule has 2 heterocycles. The van der Waals surface area contributed by atoms with Crippen LogP contribution >= 0.6 is 11.8 Å². The molecule has 1 amide bonds. The van der Waals surface area contributed by atoms with Gasteiger partial charge in [0.2, 0.25) is 5.91 Å². The fourth-order valence-electron chi connectivity index (χ4n) is 3.38. The molecule has 0 aliphatic carbocycles. The fraction of sp³-hybridized carbons (Fsp3) is 0.200. The molecule has 0 saturated carbocycles. The van der Waals surface area contributed by atoms with Gasteiger partial charge in [-0.1, -0.05) is 24.8 Å². The number of hydrogen-bond acceptors (Lipinski definition) is 4. The van der Waals surface area contributed by atoms with Crippen LogP contribution in [0.1, 0.15) is 25.3 Å². The third-order valence-electron chi connectivity index (χ3n) is 4.49. The number of benzene rings is 2. The number of hydrogen-bond donors (Lipinski definition) is 3. The summed E-state index contributed by atoms with van der Waals surface area (Å²) in [6.45, 7) is 4.42. The molecular weight excluding hydrogens is 346 g/mol. The highest BCUT2D eigenvalue weighted by molar-refractivity contribution is 7.99. The molecule has 0 bridgehead atoms. The quantitative estimate of drug-likeness (QED) is 0.651. The van der Waals surface area contributed by atoms with Crippen LogP contribution in [-0.4, -0.2) is 17.4 Å². The van der Waals surface area contributed by atoms with Gasteiger partial charge in [0, 0.05) is 45.8 Å². The minimum absolute atomic E-state index is 0.0553. The lowest BCUT2D eigenvalue weighted by atomic mass is 9.99. The van der Waals surface area contributed by atoms with Crippen LogP contribution in [0.3, 0.4) is 0 Å². The summed E-state index contributed by atoms with van der Waals surface area (Å²) < 4.78 is 0. The maximum atomic E-state index is 12.2. The lowest BCUT2D eigenvalue weighted by molar-refractivity contribution is -0.114. The van der Waals surface area contributed by atoms with Gasteiger partial charge in [0.25, 0.3) is 5.56 Å². The Bertz CT molecular complexity index is 1070. The largest absolute Gasteiger partial charge is 0.380 e. The van der Waals surface area contributed by atoms with Gasteiger partial charge in [-0.2, -0.15) is 0 Å². The second-order valence-corrected chi connectivity index (χ2v) is 7.69. The first-order chi connectivity index (χ1) is 12.5. The zero-order valence-electron chi connectivity index (χ0n) is 14.6. The van der Waals surface area contributed by atoms with E-state index in [9.17, 15) is 9.59 Å². The van der Waals surface area contributed by atoms with Crippen molar-refractivity contribution in [3.63, 3.8) is 0 Å². The number of rotatable bonds is 3. The highest BCUT2D eigenvalue weighted by Crippen LogP contribution is 2.37. The Morgan fingerprint density at radius 3 is 2.81 bits per heavy atom. The van der Waals surface area contributed by atoms with Crippen LogP contribution < -0.4 is 16.2 Å². The summed E-state index contributed by atoms with van der Waals surface area (Å²) in [5.74, 6) is 0.219. The summed E-state index contributed by atoms with van der Waals surface area (Å²) in [7, 11) is 0. The monoisotopic (exact) mass is 365 g/mol. The second kappa shape index (κ2) is 6.53. The summed E-state index contributed by atoms with van der Waals surface area (Å²) in [6.07, 6.45) is 0. The van der Waals surface area contributed by atoms with Crippen molar-refractivity contribution in [2.24, 2.45) is 0 Å². The standard InChI is InChI=1S/C20H19N3O2S/c1-11-10-21-19-18(11)16-9-15(6-7-17(16)23-20(19)25)26-14-5-3-4-13(8-14)22-12(2)24/h3-9,11,21H,10H2,1-2H3,(H,22,24)(H,23,25). The van der Waals surface area contributed by atoms with Crippen molar-refractivity contribution in [2.45, 2.75) is 29.6 Å². The van der Waals surface area contributed by atoms with E-state index in [1.54, 1.807) is 11.8 Å². The maximum Gasteiger partial charge on any atom is 0.272 e. The van der Waals surface area contributed by atoms with Crippen LogP contribution in [0.2, 0.25) is 0 Å². The molecule has 3 aromatic rings. The van der Waals surface area contributed by atoms with E-state index in [0.717, 1.165) is 38.5 Å². The average molecular weight is 365 g/mol. The number of pyridine rings is 1. The van der Waals surface area contributed by atoms with Gasteiger partial charge in [-0.15, -0.1) is 0 Å². The molecule has 5 nitrogen and oxygen atoms in total. The highest BCUT2D eigenvalue weighted by Gasteiger charge is 2.24. The van der Waals surface area contributed by atoms with Crippen LogP contribution in [0.15, 0.2) is 57.1 Å². The van der Waals surface area contributed by atoms with Crippen molar-refractivity contribution >= 4 is 39.9 Å². The molecule has 1 atom stereocenters. The van der Waals surface area contributed by atoms with Crippen molar-refractivity contribution in [3.05, 3.63) is 58.4 Å². The number of H-pyrrole nitrogens is 1. The number of amides is 1. The van der Waals surface area contributed by atoms with Crippen LogP contribution in [0.4, 0.5) is 11.4 Å². The molecule has 6 heteroatoms. The van der Waals surface area contributed by atoms with Crippen molar-refractivity contribution in [2.75, 3.05) is 17.2 Å². The predicted octanol–water partition coefficient (Wildman–Crippen LogP) is 4.17. The first kappa shape index (κ1) is 16.7. The van der Waals surface area contributed by atoms with E-state index in [1.807, 2.05) is 36.4 Å². The van der Waals surface area contributed by atoms with Crippen molar-refractivity contribution in [1.82, 2.24) is 4.98 Å². The van der Waals surface area contributed by atoms with Gasteiger partial charge in [0.15, 0.2) is 0 Å². The Labute approximate surface area is 155 Å². The summed E-state index contributed by atoms with van der Waals surface area (Å²) in [4.78, 5) is 28.5. The van der Waals surface area contributed by atoms with Crippen molar-refractivity contribution in [1.29, 1.82) is 0 Å². The Kier molecular flexibility index (Phi) is 4.20. The van der Waals surface area contributed by atoms with Gasteiger partial charge in [0.1, 0.15) is 5.69 Å². The van der Waals surface area contributed by atoms with Crippen LogP contribution in [0, 0.1) is 0 Å². The molecule has 0 fully saturated rings. The van der Waals surface area contributed by atoms with Gasteiger partial charge in [-0.05, 0) is 42.0 Å². The molecule has 1 unspecified atom stereocenters. The molecule has 1 aromatic heterocycles. The number of carbonyl (C=O) groups excluding carboxylic acids is 1. The summed E-state index contributed by atoms with van der Waals surface area (Å²) in [5.41, 5.74) is 3.38. The molecule has 26 heavy (non-hydrogen) atoms. The van der Waals surface area contributed by atoms with Crippen LogP contribution in [-0.2, 0) is 4.79 Å². The Balaban J connectivity index is 1.72. The van der Waals surface area contributed by atoms with E-state index in [-0.39, 0.29) is 11.5 Å². The summed E-state index contributed by atoms with van der Waals surface area (Å²) >= 11 is 1.63. The van der Waals surface area contributed by atoms with Gasteiger partial charge in [-0.3, -0.25) is 9.59 Å². The van der Waals surface area contributed by atoms with Gasteiger partial charge in [-0.25, -0.2) is 0 Å². The molecule has 4 rings (SSSR count). The number of aromatic amines is 1. The average Bonchev–Trinajstić information content (AvgIpc) is 2.98. The minimum atomic E-state index is -0.0844. The lowest BCUT2D eigenvalue weighted by Crippen LogP contribution is -2.11. The van der Waals surface area contributed by atoms with Gasteiger partial charge in [0.05, 0.1) is 0 Å². The number of fused-ring (bicyclic) bond motifs is 3. The number of aromatic nitrogens is 1. The van der Waals surface area contributed by atoms with E-state index in [0.29, 0.717) is 11.6 Å². The smallest absolute Gasteiger partial charge is 0.272 e. The third-order valence-corrected chi connectivity index (χ3v) is 5.47. The third kappa shape index (κ3) is 3.08. The van der Waals surface area contributed by atoms with Crippen molar-refractivity contribution in [3.8, 4) is 0 Å². The predicted molar refractivity (Wildman–Crippen MR) is 106 cm³/mol. The van der Waals surface area contributed by atoms with E-state index < -0.39 is 0 Å². The molecule has 1 aliphatic heterocycles. The highest BCUT2D eigenvalue weighted by atomic mass is 32.2. The van der Waals surface area contributed by atoms with Crippen LogP contribution in [0.5, 0.6) is 0 Å². The van der Waals surface area contributed by atoms with E-state index in [2.05, 4.69) is 28.6 Å². The number of carbonyl (C=O) groups is 1. The summed E-state index contributed by atoms with van der Waals surface area (Å²) in [5, 5.41) is 7.10. The van der Waals surface area contributed by atoms with E-state index in [1.165, 1.54) is 6.92 Å². The fourth-order valence-corrected chi connectivity index (χ4v) is 4.30. The normalized spacial score (nSPS) is 15.5. The molecular formula is C20H19N3O2S. The Hall–Kier alpha value is -2.73. The molecule has 0 radical (unpaired) electrons. The molecule has 2 aromatic carbocycles. The number of anilines is 2. The first-order valence-corrected chi connectivity index (χ1v) is 9.32. The van der Waals surface area contributed by atoms with Gasteiger partial charge >= 0.3 is 0 Å². The molecule has 0 spiro atoms. The zero-order chi connectivity index (χ0) is 18.3. The summed E-state index contributed by atoms with van der Waals surface area (Å²) in [6, 6.07) is 13.9. The zero-order valence-corrected chi connectivity index (χ0v) is 15.4. The topological polar surface area (TPSA) is 74.0 Å². The molecule has 3 N–H and O–H groups in total. The maximum absolute atomic E-state index is 12.2. The Morgan fingerprint density at radius 2 is 2.00 bits per heavy atom. The van der Waals surface area contributed by atoms with Crippen LogP contribution in [0.25, 0.3) is 10.9 Å². The minimum Gasteiger partial charge on any atom is -0.380 e. The van der Waals surface area contributed by atoms with Gasteiger partial charge < -0.3 is 15.6 Å². The molecule has 1 aliphatic rings. The van der Waals surface area contributed by atoms with E-state index >= 15 is 0 Å². The second-order valence-electron chi connectivity index (χ2n) is 6.54. The first-order valence-electron chi connectivity index (χ1n) is 8.50. The number of nitrogens with one attached hydrogen (secondary N) is 3. The lowest BCUT2D eigenvalue weighted by Gasteiger charge is -2.10. The van der Waals surface area contributed by atoms with E-state index in [4.69, 9.17) is 0 Å². The molecule has 132 valence electrons. The molecule has 0 saturated heterocycles.